The quantitative estimate of drug-likeness (QED) is 0.248. The topological polar surface area (TPSA) is 96.0 Å². The molecule has 1 unspecified atom stereocenters. The predicted molar refractivity (Wildman–Crippen MR) is 162 cm³/mol. The van der Waals surface area contributed by atoms with E-state index < -0.39 is 0 Å². The second-order valence-corrected chi connectivity index (χ2v) is 11.4. The molecule has 1 aliphatic heterocycles. The second kappa shape index (κ2) is 11.4. The monoisotopic (exact) mass is 630 g/mol. The van der Waals surface area contributed by atoms with Crippen molar-refractivity contribution < 1.29 is 9.53 Å². The van der Waals surface area contributed by atoms with E-state index in [-0.39, 0.29) is 23.3 Å². The Kier molecular flexibility index (Phi) is 7.55. The molecule has 1 aliphatic rings. The van der Waals surface area contributed by atoms with Crippen LogP contribution < -0.4 is 15.6 Å². The fraction of sp³-hybridized carbons (Fsp3) is 0.200. The number of amides is 1. The molecule has 1 atom stereocenters. The summed E-state index contributed by atoms with van der Waals surface area (Å²) in [7, 11) is 1.85. The van der Waals surface area contributed by atoms with Crippen molar-refractivity contribution in [1.29, 1.82) is 0 Å². The van der Waals surface area contributed by atoms with Crippen molar-refractivity contribution in [3.05, 3.63) is 105 Å². The highest BCUT2D eigenvalue weighted by Crippen LogP contribution is 2.34. The maximum Gasteiger partial charge on any atom is 0.296 e. The van der Waals surface area contributed by atoms with Crippen molar-refractivity contribution in [2.24, 2.45) is 7.05 Å². The number of ether oxygens (including phenoxy) is 1. The molecule has 1 amide bonds. The van der Waals surface area contributed by atoms with Crippen molar-refractivity contribution in [3.63, 3.8) is 0 Å². The summed E-state index contributed by atoms with van der Waals surface area (Å²) in [5, 5.41) is 12.5. The maximum atomic E-state index is 14.0. The molecule has 5 aromatic rings. The molecule has 0 radical (unpaired) electrons. The van der Waals surface area contributed by atoms with Gasteiger partial charge in [0.05, 0.1) is 29.8 Å². The number of nitrogens with one attached hydrogen (secondary N) is 1. The van der Waals surface area contributed by atoms with Gasteiger partial charge in [-0.2, -0.15) is 0 Å². The van der Waals surface area contributed by atoms with Gasteiger partial charge in [0.25, 0.3) is 5.56 Å². The Balaban J connectivity index is 1.37. The Hall–Kier alpha value is -4.09. The van der Waals surface area contributed by atoms with Crippen molar-refractivity contribution >= 4 is 33.6 Å². The minimum atomic E-state index is -0.214. The molecule has 3 aromatic carbocycles. The number of para-hydroxylation sites is 2. The standard InChI is InChI=1S/C30H27BrN6O3S/c1-19-27(29(39)37(35(19)2)20-10-4-3-5-11-20)36-28(21-12-6-8-14-23(21)31)33-34-30(36)41-18-26(38)32-24-16-17-40-25-15-9-7-13-22(24)25/h3-15,24H,16-18H2,1-2H3,(H,32,38). The molecule has 208 valence electrons. The molecule has 0 saturated carbocycles. The summed E-state index contributed by atoms with van der Waals surface area (Å²) in [4.78, 5) is 27.1. The Morgan fingerprint density at radius 3 is 2.59 bits per heavy atom. The van der Waals surface area contributed by atoms with Gasteiger partial charge in [-0.1, -0.05) is 82.3 Å². The van der Waals surface area contributed by atoms with Crippen LogP contribution in [0.5, 0.6) is 5.75 Å². The van der Waals surface area contributed by atoms with Crippen LogP contribution in [-0.4, -0.2) is 42.4 Å². The normalized spacial score (nSPS) is 14.4. The van der Waals surface area contributed by atoms with Crippen LogP contribution in [0, 0.1) is 6.92 Å². The first-order valence-corrected chi connectivity index (χ1v) is 14.9. The van der Waals surface area contributed by atoms with Crippen LogP contribution in [0.15, 0.2) is 93.3 Å². The molecule has 3 heterocycles. The van der Waals surface area contributed by atoms with Crippen molar-refractivity contribution in [1.82, 2.24) is 29.4 Å². The van der Waals surface area contributed by atoms with Gasteiger partial charge in [0.15, 0.2) is 11.0 Å². The second-order valence-electron chi connectivity index (χ2n) is 9.62. The first-order valence-electron chi connectivity index (χ1n) is 13.1. The van der Waals surface area contributed by atoms with Crippen molar-refractivity contribution in [2.75, 3.05) is 12.4 Å². The fourth-order valence-corrected chi connectivity index (χ4v) is 6.26. The number of aromatic nitrogens is 5. The molecule has 11 heteroatoms. The van der Waals surface area contributed by atoms with E-state index in [2.05, 4.69) is 31.4 Å². The van der Waals surface area contributed by atoms with Crippen LogP contribution in [0.3, 0.4) is 0 Å². The number of hydrogen-bond donors (Lipinski definition) is 1. The largest absolute Gasteiger partial charge is 0.493 e. The molecular weight excluding hydrogens is 604 g/mol. The summed E-state index contributed by atoms with van der Waals surface area (Å²) in [6.45, 7) is 2.43. The summed E-state index contributed by atoms with van der Waals surface area (Å²) >= 11 is 4.87. The molecule has 9 nitrogen and oxygen atoms in total. The van der Waals surface area contributed by atoms with Crippen LogP contribution in [0.2, 0.25) is 0 Å². The fourth-order valence-electron chi connectivity index (χ4n) is 5.05. The SMILES string of the molecule is Cc1c(-n2c(SCC(=O)NC3CCOc4ccccc43)nnc2-c2ccccc2Br)c(=O)n(-c2ccccc2)n1C. The zero-order valence-electron chi connectivity index (χ0n) is 22.5. The number of halogens is 1. The van der Waals surface area contributed by atoms with Crippen LogP contribution in [0.25, 0.3) is 22.8 Å². The summed E-state index contributed by atoms with van der Waals surface area (Å²) in [6, 6.07) is 24.8. The predicted octanol–water partition coefficient (Wildman–Crippen LogP) is 5.23. The van der Waals surface area contributed by atoms with E-state index in [1.807, 2.05) is 97.5 Å². The lowest BCUT2D eigenvalue weighted by Crippen LogP contribution is -2.33. The number of fused-ring (bicyclic) bond motifs is 1. The van der Waals surface area contributed by atoms with E-state index in [9.17, 15) is 9.59 Å². The van der Waals surface area contributed by atoms with Gasteiger partial charge in [0.2, 0.25) is 5.91 Å². The molecule has 1 N–H and O–H groups in total. The smallest absolute Gasteiger partial charge is 0.296 e. The summed E-state index contributed by atoms with van der Waals surface area (Å²) in [5.41, 5.74) is 3.44. The number of rotatable bonds is 7. The Bertz CT molecular complexity index is 1800. The third kappa shape index (κ3) is 5.11. The molecule has 0 bridgehead atoms. The van der Waals surface area contributed by atoms with Gasteiger partial charge < -0.3 is 10.1 Å². The number of nitrogens with zero attached hydrogens (tertiary/aromatic N) is 5. The Morgan fingerprint density at radius 1 is 1.05 bits per heavy atom. The summed E-state index contributed by atoms with van der Waals surface area (Å²) < 4.78 is 11.8. The van der Waals surface area contributed by atoms with Gasteiger partial charge in [-0.25, -0.2) is 4.68 Å². The first-order chi connectivity index (χ1) is 19.9. The Labute approximate surface area is 249 Å². The van der Waals surface area contributed by atoms with E-state index >= 15 is 0 Å². The molecule has 6 rings (SSSR count). The Morgan fingerprint density at radius 2 is 1.78 bits per heavy atom. The van der Waals surface area contributed by atoms with Gasteiger partial charge in [-0.15, -0.1) is 10.2 Å². The average molecular weight is 632 g/mol. The van der Waals surface area contributed by atoms with Gasteiger partial charge in [0.1, 0.15) is 11.4 Å². The lowest BCUT2D eigenvalue weighted by atomic mass is 10.0. The summed E-state index contributed by atoms with van der Waals surface area (Å²) in [5.74, 6) is 1.26. The highest BCUT2D eigenvalue weighted by Gasteiger charge is 2.27. The first kappa shape index (κ1) is 27.1. The minimum Gasteiger partial charge on any atom is -0.493 e. The van der Waals surface area contributed by atoms with Crippen LogP contribution in [0.1, 0.15) is 23.7 Å². The number of benzene rings is 3. The minimum absolute atomic E-state index is 0.104. The van der Waals surface area contributed by atoms with Gasteiger partial charge in [-0.05, 0) is 31.2 Å². The lowest BCUT2D eigenvalue weighted by Gasteiger charge is -2.26. The zero-order valence-corrected chi connectivity index (χ0v) is 24.9. The van der Waals surface area contributed by atoms with Crippen LogP contribution >= 0.6 is 27.7 Å². The molecular formula is C30H27BrN6O3S. The van der Waals surface area contributed by atoms with Crippen LogP contribution in [-0.2, 0) is 11.8 Å². The molecule has 0 fully saturated rings. The third-order valence-corrected chi connectivity index (χ3v) is 8.74. The number of hydrogen-bond acceptors (Lipinski definition) is 6. The third-order valence-electron chi connectivity index (χ3n) is 7.12. The summed E-state index contributed by atoms with van der Waals surface area (Å²) in [6.07, 6.45) is 0.692. The van der Waals surface area contributed by atoms with Gasteiger partial charge >= 0.3 is 0 Å². The van der Waals surface area contributed by atoms with Gasteiger partial charge in [-0.3, -0.25) is 18.8 Å². The number of carbonyl (C=O) groups is 1. The maximum absolute atomic E-state index is 14.0. The van der Waals surface area contributed by atoms with E-state index in [1.165, 1.54) is 11.8 Å². The molecule has 0 spiro atoms. The van der Waals surface area contributed by atoms with Gasteiger partial charge in [0, 0.05) is 29.1 Å². The van der Waals surface area contributed by atoms with E-state index in [1.54, 1.807) is 9.25 Å². The lowest BCUT2D eigenvalue weighted by molar-refractivity contribution is -0.119. The average Bonchev–Trinajstić information content (AvgIpc) is 3.49. The van der Waals surface area contributed by atoms with Crippen LogP contribution in [0.4, 0.5) is 0 Å². The van der Waals surface area contributed by atoms with E-state index in [4.69, 9.17) is 4.74 Å². The number of carbonyl (C=O) groups excluding carboxylic acids is 1. The molecule has 41 heavy (non-hydrogen) atoms. The highest BCUT2D eigenvalue weighted by molar-refractivity contribution is 9.10. The molecule has 2 aromatic heterocycles. The van der Waals surface area contributed by atoms with Crippen molar-refractivity contribution in [2.45, 2.75) is 24.5 Å². The molecule has 0 saturated heterocycles. The van der Waals surface area contributed by atoms with E-state index in [0.29, 0.717) is 29.7 Å². The number of thioether (sulfide) groups is 1. The molecule has 0 aliphatic carbocycles. The van der Waals surface area contributed by atoms with Crippen molar-refractivity contribution in [3.8, 4) is 28.5 Å². The van der Waals surface area contributed by atoms with E-state index in [0.717, 1.165) is 32.7 Å². The zero-order chi connectivity index (χ0) is 28.5. The highest BCUT2D eigenvalue weighted by atomic mass is 79.9.